The lowest BCUT2D eigenvalue weighted by molar-refractivity contribution is 0.0574. The molecule has 18 heavy (non-hydrogen) atoms. The van der Waals surface area contributed by atoms with Crippen molar-refractivity contribution in [1.82, 2.24) is 14.8 Å². The smallest absolute Gasteiger partial charge is 0.254 e. The fraction of sp³-hybridized carbons (Fsp3) is 0.571. The summed E-state index contributed by atoms with van der Waals surface area (Å²) >= 11 is 0. The lowest BCUT2D eigenvalue weighted by Crippen LogP contribution is -2.48. The first-order valence-corrected chi connectivity index (χ1v) is 6.54. The molecule has 1 aromatic heterocycles. The third-order valence-corrected chi connectivity index (χ3v) is 3.39. The number of likely N-dealkylation sites (tertiary alicyclic amines) is 1. The van der Waals surface area contributed by atoms with Crippen molar-refractivity contribution < 1.29 is 4.79 Å². The Kier molecular flexibility index (Phi) is 4.31. The molecule has 4 nitrogen and oxygen atoms in total. The van der Waals surface area contributed by atoms with Crippen LogP contribution in [0.1, 0.15) is 29.6 Å². The van der Waals surface area contributed by atoms with Crippen LogP contribution in [0.3, 0.4) is 0 Å². The Labute approximate surface area is 109 Å². The van der Waals surface area contributed by atoms with Crippen LogP contribution >= 0.6 is 0 Å². The topological polar surface area (TPSA) is 36.4 Å². The molecule has 0 saturated carbocycles. The van der Waals surface area contributed by atoms with Crippen LogP contribution in [0.25, 0.3) is 0 Å². The number of piperidine rings is 1. The lowest BCUT2D eigenvalue weighted by atomic mass is 10.0. The number of hydrogen-bond donors (Lipinski definition) is 0. The van der Waals surface area contributed by atoms with Crippen molar-refractivity contribution in [2.24, 2.45) is 0 Å². The summed E-state index contributed by atoms with van der Waals surface area (Å²) in [5.41, 5.74) is 0.746. The quantitative estimate of drug-likeness (QED) is 0.814. The van der Waals surface area contributed by atoms with Gasteiger partial charge in [-0.05, 0) is 45.5 Å². The molecule has 0 radical (unpaired) electrons. The summed E-state index contributed by atoms with van der Waals surface area (Å²) in [7, 11) is 4.12. The number of pyridine rings is 1. The van der Waals surface area contributed by atoms with Crippen molar-refractivity contribution in [3.05, 3.63) is 30.1 Å². The van der Waals surface area contributed by atoms with Crippen molar-refractivity contribution in [2.75, 3.05) is 27.2 Å². The number of nitrogens with zero attached hydrogens (tertiary/aromatic N) is 3. The molecule has 1 aliphatic heterocycles. The van der Waals surface area contributed by atoms with Gasteiger partial charge >= 0.3 is 0 Å². The monoisotopic (exact) mass is 247 g/mol. The Morgan fingerprint density at radius 3 is 2.78 bits per heavy atom. The predicted octanol–water partition coefficient (Wildman–Crippen LogP) is 1.64. The van der Waals surface area contributed by atoms with E-state index < -0.39 is 0 Å². The molecule has 0 N–H and O–H groups in total. The van der Waals surface area contributed by atoms with E-state index in [1.165, 1.54) is 6.42 Å². The predicted molar refractivity (Wildman–Crippen MR) is 71.5 cm³/mol. The SMILES string of the molecule is CN(C)CC1CCCCN1C(=O)c1ccncc1. The number of likely N-dealkylation sites (N-methyl/N-ethyl adjacent to an activating group) is 1. The summed E-state index contributed by atoms with van der Waals surface area (Å²) in [6.07, 6.45) is 6.80. The molecule has 1 saturated heterocycles. The van der Waals surface area contributed by atoms with Gasteiger partial charge in [-0.1, -0.05) is 0 Å². The van der Waals surface area contributed by atoms with Gasteiger partial charge in [-0.25, -0.2) is 0 Å². The normalized spacial score (nSPS) is 20.2. The highest BCUT2D eigenvalue weighted by Crippen LogP contribution is 2.19. The molecule has 1 aromatic rings. The molecule has 0 aromatic carbocycles. The average Bonchev–Trinajstić information content (AvgIpc) is 2.39. The molecular weight excluding hydrogens is 226 g/mol. The van der Waals surface area contributed by atoms with Crippen molar-refractivity contribution in [1.29, 1.82) is 0 Å². The summed E-state index contributed by atoms with van der Waals surface area (Å²) in [5, 5.41) is 0. The summed E-state index contributed by atoms with van der Waals surface area (Å²) < 4.78 is 0. The number of hydrogen-bond acceptors (Lipinski definition) is 3. The van der Waals surface area contributed by atoms with Gasteiger partial charge in [0.1, 0.15) is 0 Å². The van der Waals surface area contributed by atoms with Crippen LogP contribution in [0.2, 0.25) is 0 Å². The molecule has 1 atom stereocenters. The molecule has 1 fully saturated rings. The first-order valence-electron chi connectivity index (χ1n) is 6.54. The van der Waals surface area contributed by atoms with E-state index in [0.29, 0.717) is 6.04 Å². The summed E-state index contributed by atoms with van der Waals surface area (Å²) in [6.45, 7) is 1.82. The Balaban J connectivity index is 2.11. The van der Waals surface area contributed by atoms with E-state index in [0.717, 1.165) is 31.5 Å². The maximum Gasteiger partial charge on any atom is 0.254 e. The van der Waals surface area contributed by atoms with Crippen LogP contribution < -0.4 is 0 Å². The molecule has 0 spiro atoms. The van der Waals surface area contributed by atoms with Gasteiger partial charge in [0, 0.05) is 37.1 Å². The molecule has 0 aliphatic carbocycles. The van der Waals surface area contributed by atoms with Crippen LogP contribution in [-0.4, -0.2) is 53.9 Å². The van der Waals surface area contributed by atoms with Gasteiger partial charge in [0.2, 0.25) is 0 Å². The van der Waals surface area contributed by atoms with E-state index in [-0.39, 0.29) is 5.91 Å². The number of carbonyl (C=O) groups is 1. The van der Waals surface area contributed by atoms with Gasteiger partial charge in [0.05, 0.1) is 0 Å². The Bertz CT molecular complexity index is 391. The second-order valence-corrected chi connectivity index (χ2v) is 5.15. The van der Waals surface area contributed by atoms with Gasteiger partial charge in [-0.15, -0.1) is 0 Å². The molecule has 0 bridgehead atoms. The minimum absolute atomic E-state index is 0.143. The number of aromatic nitrogens is 1. The van der Waals surface area contributed by atoms with E-state index in [2.05, 4.69) is 24.0 Å². The number of rotatable bonds is 3. The maximum atomic E-state index is 12.5. The molecule has 1 unspecified atom stereocenters. The number of carbonyl (C=O) groups excluding carboxylic acids is 1. The Hall–Kier alpha value is -1.42. The van der Waals surface area contributed by atoms with Crippen LogP contribution in [-0.2, 0) is 0 Å². The van der Waals surface area contributed by atoms with Crippen molar-refractivity contribution >= 4 is 5.91 Å². The second-order valence-electron chi connectivity index (χ2n) is 5.15. The van der Waals surface area contributed by atoms with Crippen LogP contribution in [0, 0.1) is 0 Å². The standard InChI is InChI=1S/C14H21N3O/c1-16(2)11-13-5-3-4-10-17(13)14(18)12-6-8-15-9-7-12/h6-9,13H,3-5,10-11H2,1-2H3. The zero-order chi connectivity index (χ0) is 13.0. The second kappa shape index (κ2) is 5.96. The van der Waals surface area contributed by atoms with Crippen LogP contribution in [0.15, 0.2) is 24.5 Å². The molecule has 98 valence electrons. The van der Waals surface area contributed by atoms with Gasteiger partial charge < -0.3 is 9.80 Å². The van der Waals surface area contributed by atoms with Gasteiger partial charge in [0.25, 0.3) is 5.91 Å². The highest BCUT2D eigenvalue weighted by atomic mass is 16.2. The molecule has 2 heterocycles. The van der Waals surface area contributed by atoms with Gasteiger partial charge in [0.15, 0.2) is 0 Å². The third kappa shape index (κ3) is 3.07. The van der Waals surface area contributed by atoms with E-state index in [1.807, 2.05) is 4.90 Å². The van der Waals surface area contributed by atoms with Crippen LogP contribution in [0.5, 0.6) is 0 Å². The average molecular weight is 247 g/mol. The van der Waals surface area contributed by atoms with Crippen LogP contribution in [0.4, 0.5) is 0 Å². The van der Waals surface area contributed by atoms with E-state index in [1.54, 1.807) is 24.5 Å². The summed E-state index contributed by atoms with van der Waals surface area (Å²) in [6, 6.07) is 3.93. The molecule has 1 aliphatic rings. The largest absolute Gasteiger partial charge is 0.334 e. The van der Waals surface area contributed by atoms with Crippen molar-refractivity contribution in [3.8, 4) is 0 Å². The minimum atomic E-state index is 0.143. The third-order valence-electron chi connectivity index (χ3n) is 3.39. The fourth-order valence-corrected chi connectivity index (χ4v) is 2.54. The highest BCUT2D eigenvalue weighted by Gasteiger charge is 2.27. The molecular formula is C14H21N3O. The number of amides is 1. The highest BCUT2D eigenvalue weighted by molar-refractivity contribution is 5.94. The van der Waals surface area contributed by atoms with E-state index >= 15 is 0 Å². The van der Waals surface area contributed by atoms with Gasteiger partial charge in [-0.3, -0.25) is 9.78 Å². The zero-order valence-corrected chi connectivity index (χ0v) is 11.2. The van der Waals surface area contributed by atoms with Crippen molar-refractivity contribution in [3.63, 3.8) is 0 Å². The first-order chi connectivity index (χ1) is 8.68. The van der Waals surface area contributed by atoms with E-state index in [9.17, 15) is 4.79 Å². The van der Waals surface area contributed by atoms with Crippen molar-refractivity contribution in [2.45, 2.75) is 25.3 Å². The summed E-state index contributed by atoms with van der Waals surface area (Å²) in [4.78, 5) is 20.6. The first kappa shape index (κ1) is 13.0. The molecule has 1 amide bonds. The lowest BCUT2D eigenvalue weighted by Gasteiger charge is -2.37. The maximum absolute atomic E-state index is 12.5. The fourth-order valence-electron chi connectivity index (χ4n) is 2.54. The Morgan fingerprint density at radius 2 is 2.11 bits per heavy atom. The van der Waals surface area contributed by atoms with Gasteiger partial charge in [-0.2, -0.15) is 0 Å². The molecule has 4 heteroatoms. The minimum Gasteiger partial charge on any atom is -0.334 e. The Morgan fingerprint density at radius 1 is 1.39 bits per heavy atom. The zero-order valence-electron chi connectivity index (χ0n) is 11.2. The molecule has 2 rings (SSSR count). The summed E-state index contributed by atoms with van der Waals surface area (Å²) in [5.74, 6) is 0.143. The van der Waals surface area contributed by atoms with E-state index in [4.69, 9.17) is 0 Å².